The third-order valence-electron chi connectivity index (χ3n) is 5.33. The number of benzene rings is 1. The first-order chi connectivity index (χ1) is 11.2. The topological polar surface area (TPSA) is 41.4 Å². The summed E-state index contributed by atoms with van der Waals surface area (Å²) in [5, 5.41) is 5.81. The van der Waals surface area contributed by atoms with Crippen LogP contribution in [-0.4, -0.2) is 52.2 Å². The number of piperidine rings is 1. The lowest BCUT2D eigenvalue weighted by atomic mass is 9.94. The number of likely N-dealkylation sites (tertiary alicyclic amines) is 1. The van der Waals surface area contributed by atoms with E-state index in [9.17, 15) is 4.79 Å². The van der Waals surface area contributed by atoms with Crippen LogP contribution in [0.1, 0.15) is 35.8 Å². The van der Waals surface area contributed by atoms with Crippen LogP contribution in [0.15, 0.2) is 18.2 Å². The van der Waals surface area contributed by atoms with Crippen LogP contribution in [0.3, 0.4) is 0 Å². The number of aryl methyl sites for hydroxylation is 1. The number of hydrogen-bond donors (Lipinski definition) is 0. The molecular weight excluding hydrogens is 288 g/mol. The van der Waals surface area contributed by atoms with E-state index in [1.807, 2.05) is 21.7 Å². The van der Waals surface area contributed by atoms with Gasteiger partial charge in [0.2, 0.25) is 0 Å². The van der Waals surface area contributed by atoms with Gasteiger partial charge >= 0.3 is 0 Å². The Morgan fingerprint density at radius 1 is 1.26 bits per heavy atom. The lowest BCUT2D eigenvalue weighted by Crippen LogP contribution is -2.41. The van der Waals surface area contributed by atoms with Gasteiger partial charge in [0.1, 0.15) is 0 Å². The second-order valence-corrected chi connectivity index (χ2v) is 6.89. The molecule has 1 saturated heterocycles. The molecule has 0 atom stereocenters. The van der Waals surface area contributed by atoms with Crippen molar-refractivity contribution < 1.29 is 4.79 Å². The number of carbonyl (C=O) groups excluding carboxylic acids is 1. The Hall–Kier alpha value is -1.88. The van der Waals surface area contributed by atoms with Crippen LogP contribution in [0.25, 0.3) is 10.9 Å². The molecule has 0 saturated carbocycles. The molecule has 5 nitrogen and oxygen atoms in total. The van der Waals surface area contributed by atoms with Gasteiger partial charge in [-0.1, -0.05) is 6.07 Å². The summed E-state index contributed by atoms with van der Waals surface area (Å²) in [5.74, 6) is 0.793. The molecule has 2 aromatic rings. The molecule has 1 aromatic carbocycles. The quantitative estimate of drug-likeness (QED) is 0.873. The largest absolute Gasteiger partial charge is 0.332 e. The van der Waals surface area contributed by atoms with Crippen LogP contribution < -0.4 is 0 Å². The predicted octanol–water partition coefficient (Wildman–Crippen LogP) is 2.35. The third-order valence-corrected chi connectivity index (χ3v) is 5.33. The third kappa shape index (κ3) is 2.43. The van der Waals surface area contributed by atoms with Gasteiger partial charge in [-0.2, -0.15) is 5.10 Å². The van der Waals surface area contributed by atoms with E-state index < -0.39 is 0 Å². The van der Waals surface area contributed by atoms with Crippen LogP contribution in [0, 0.1) is 5.92 Å². The molecule has 1 amide bonds. The first-order valence-electron chi connectivity index (χ1n) is 8.63. The number of carbonyl (C=O) groups is 1. The maximum atomic E-state index is 12.9. The van der Waals surface area contributed by atoms with Crippen LogP contribution in [-0.2, 0) is 13.1 Å². The summed E-state index contributed by atoms with van der Waals surface area (Å²) in [6, 6.07) is 6.00. The van der Waals surface area contributed by atoms with Crippen molar-refractivity contribution in [2.24, 2.45) is 5.92 Å². The van der Waals surface area contributed by atoms with Gasteiger partial charge in [-0.05, 0) is 58.0 Å². The molecule has 0 N–H and O–H groups in total. The molecule has 2 aliphatic rings. The summed E-state index contributed by atoms with van der Waals surface area (Å²) in [7, 11) is 2.17. The van der Waals surface area contributed by atoms with Gasteiger partial charge in [-0.25, -0.2) is 0 Å². The number of nitrogens with zero attached hydrogens (tertiary/aromatic N) is 4. The fraction of sp³-hybridized carbons (Fsp3) is 0.556. The summed E-state index contributed by atoms with van der Waals surface area (Å²) in [6.45, 7) is 6.73. The lowest BCUT2D eigenvalue weighted by Gasteiger charge is -2.34. The van der Waals surface area contributed by atoms with Crippen LogP contribution >= 0.6 is 0 Å². The van der Waals surface area contributed by atoms with Crippen molar-refractivity contribution >= 4 is 16.8 Å². The zero-order valence-corrected chi connectivity index (χ0v) is 14.0. The predicted molar refractivity (Wildman–Crippen MR) is 90.4 cm³/mol. The SMILES string of the molecule is CCn1nc2c3c(cccc31)C(=O)N(CC1CCN(C)CC1)C2. The normalized spacial score (nSPS) is 19.7. The van der Waals surface area contributed by atoms with Gasteiger partial charge in [-0.15, -0.1) is 0 Å². The van der Waals surface area contributed by atoms with Crippen molar-refractivity contribution in [3.05, 3.63) is 29.5 Å². The highest BCUT2D eigenvalue weighted by Crippen LogP contribution is 2.31. The average molecular weight is 312 g/mol. The van der Waals surface area contributed by atoms with E-state index >= 15 is 0 Å². The molecule has 122 valence electrons. The molecule has 0 bridgehead atoms. The number of hydrogen-bond acceptors (Lipinski definition) is 3. The van der Waals surface area contributed by atoms with Gasteiger partial charge in [0.05, 0.1) is 23.3 Å². The molecule has 1 aromatic heterocycles. The van der Waals surface area contributed by atoms with E-state index in [0.29, 0.717) is 12.5 Å². The maximum Gasteiger partial charge on any atom is 0.254 e. The van der Waals surface area contributed by atoms with Gasteiger partial charge in [0.15, 0.2) is 0 Å². The van der Waals surface area contributed by atoms with Crippen LogP contribution in [0.2, 0.25) is 0 Å². The fourth-order valence-corrected chi connectivity index (χ4v) is 3.96. The summed E-state index contributed by atoms with van der Waals surface area (Å²) in [5.41, 5.74) is 2.98. The molecule has 4 rings (SSSR count). The molecule has 0 radical (unpaired) electrons. The Morgan fingerprint density at radius 3 is 2.78 bits per heavy atom. The Morgan fingerprint density at radius 2 is 2.04 bits per heavy atom. The average Bonchev–Trinajstić information content (AvgIpc) is 2.93. The first kappa shape index (κ1) is 14.7. The minimum Gasteiger partial charge on any atom is -0.332 e. The summed E-state index contributed by atoms with van der Waals surface area (Å²) in [6.07, 6.45) is 2.36. The molecule has 3 heterocycles. The molecular formula is C18H24N4O. The minimum absolute atomic E-state index is 0.178. The number of rotatable bonds is 3. The highest BCUT2D eigenvalue weighted by atomic mass is 16.2. The molecule has 2 aliphatic heterocycles. The second kappa shape index (κ2) is 5.64. The van der Waals surface area contributed by atoms with Crippen molar-refractivity contribution in [1.29, 1.82) is 0 Å². The van der Waals surface area contributed by atoms with Crippen LogP contribution in [0.4, 0.5) is 0 Å². The monoisotopic (exact) mass is 312 g/mol. The zero-order valence-electron chi connectivity index (χ0n) is 14.0. The summed E-state index contributed by atoms with van der Waals surface area (Å²) >= 11 is 0. The van der Waals surface area contributed by atoms with E-state index in [1.165, 1.54) is 12.8 Å². The molecule has 0 unspecified atom stereocenters. The van der Waals surface area contributed by atoms with Gasteiger partial charge in [0, 0.05) is 18.5 Å². The van der Waals surface area contributed by atoms with E-state index in [1.54, 1.807) is 0 Å². The Bertz CT molecular complexity index is 743. The summed E-state index contributed by atoms with van der Waals surface area (Å²) in [4.78, 5) is 17.3. The highest BCUT2D eigenvalue weighted by molar-refractivity contribution is 6.09. The van der Waals surface area contributed by atoms with Crippen molar-refractivity contribution in [3.8, 4) is 0 Å². The van der Waals surface area contributed by atoms with Gasteiger partial charge in [-0.3, -0.25) is 9.48 Å². The Kier molecular flexibility index (Phi) is 3.60. The second-order valence-electron chi connectivity index (χ2n) is 6.89. The number of aromatic nitrogens is 2. The lowest BCUT2D eigenvalue weighted by molar-refractivity contribution is 0.0674. The van der Waals surface area contributed by atoms with Crippen LogP contribution in [0.5, 0.6) is 0 Å². The molecule has 0 aliphatic carbocycles. The van der Waals surface area contributed by atoms with E-state index in [2.05, 4.69) is 24.9 Å². The Balaban J connectivity index is 1.62. The summed E-state index contributed by atoms with van der Waals surface area (Å²) < 4.78 is 2.01. The van der Waals surface area contributed by atoms with Crippen molar-refractivity contribution in [1.82, 2.24) is 19.6 Å². The molecule has 0 spiro atoms. The van der Waals surface area contributed by atoms with Crippen molar-refractivity contribution in [2.45, 2.75) is 32.9 Å². The van der Waals surface area contributed by atoms with Gasteiger partial charge < -0.3 is 9.80 Å². The zero-order chi connectivity index (χ0) is 16.0. The van der Waals surface area contributed by atoms with E-state index in [-0.39, 0.29) is 5.91 Å². The highest BCUT2D eigenvalue weighted by Gasteiger charge is 2.30. The molecule has 5 heteroatoms. The fourth-order valence-electron chi connectivity index (χ4n) is 3.96. The minimum atomic E-state index is 0.178. The van der Waals surface area contributed by atoms with Crippen molar-refractivity contribution in [2.75, 3.05) is 26.7 Å². The molecule has 23 heavy (non-hydrogen) atoms. The van der Waals surface area contributed by atoms with Gasteiger partial charge in [0.25, 0.3) is 5.91 Å². The maximum absolute atomic E-state index is 12.9. The van der Waals surface area contributed by atoms with E-state index in [4.69, 9.17) is 5.10 Å². The standard InChI is InChI=1S/C18H24N4O/c1-3-22-16-6-4-5-14-17(16)15(19-22)12-21(18(14)23)11-13-7-9-20(2)10-8-13/h4-6,13H,3,7-12H2,1-2H3. The smallest absolute Gasteiger partial charge is 0.254 e. The van der Waals surface area contributed by atoms with E-state index in [0.717, 1.165) is 48.3 Å². The van der Waals surface area contributed by atoms with Crippen molar-refractivity contribution in [3.63, 3.8) is 0 Å². The number of amides is 1. The Labute approximate surface area is 136 Å². The molecule has 1 fully saturated rings. The first-order valence-corrected chi connectivity index (χ1v) is 8.63.